The summed E-state index contributed by atoms with van der Waals surface area (Å²) in [4.78, 5) is 13.7. The van der Waals surface area contributed by atoms with Crippen LogP contribution in [-0.2, 0) is 0 Å². The summed E-state index contributed by atoms with van der Waals surface area (Å²) in [6.45, 7) is 2.38. The summed E-state index contributed by atoms with van der Waals surface area (Å²) in [7, 11) is 0. The summed E-state index contributed by atoms with van der Waals surface area (Å²) < 4.78 is 25.9. The van der Waals surface area contributed by atoms with E-state index in [1.54, 1.807) is 0 Å². The molecule has 0 saturated carbocycles. The lowest BCUT2D eigenvalue weighted by atomic mass is 10.0. The van der Waals surface area contributed by atoms with Crippen molar-refractivity contribution in [1.82, 2.24) is 4.90 Å². The van der Waals surface area contributed by atoms with Crippen molar-refractivity contribution in [1.29, 1.82) is 0 Å². The van der Waals surface area contributed by atoms with Crippen LogP contribution < -0.4 is 0 Å². The van der Waals surface area contributed by atoms with Crippen LogP contribution in [0.3, 0.4) is 0 Å². The number of nitrogens with zero attached hydrogens (tertiary/aromatic N) is 1. The molecule has 1 aliphatic rings. The van der Waals surface area contributed by atoms with Crippen molar-refractivity contribution < 1.29 is 18.7 Å². The molecule has 1 aliphatic heterocycles. The third-order valence-corrected chi connectivity index (χ3v) is 3.50. The van der Waals surface area contributed by atoms with Crippen molar-refractivity contribution in [2.75, 3.05) is 13.2 Å². The Labute approximate surface area is 104 Å². The molecule has 1 aromatic carbocycles. The predicted octanol–water partition coefficient (Wildman–Crippen LogP) is 1.81. The third kappa shape index (κ3) is 2.22. The van der Waals surface area contributed by atoms with Crippen LogP contribution in [0.25, 0.3) is 0 Å². The topological polar surface area (TPSA) is 40.5 Å². The first-order valence-corrected chi connectivity index (χ1v) is 5.91. The first-order valence-electron chi connectivity index (χ1n) is 5.91. The highest BCUT2D eigenvalue weighted by Crippen LogP contribution is 2.25. The van der Waals surface area contributed by atoms with E-state index in [1.807, 2.05) is 6.92 Å². The van der Waals surface area contributed by atoms with E-state index in [0.717, 1.165) is 18.6 Å². The maximum Gasteiger partial charge on any atom is 0.254 e. The van der Waals surface area contributed by atoms with E-state index < -0.39 is 11.6 Å². The molecule has 0 bridgehead atoms. The molecule has 1 fully saturated rings. The van der Waals surface area contributed by atoms with E-state index in [1.165, 1.54) is 11.0 Å². The van der Waals surface area contributed by atoms with Crippen LogP contribution in [0.15, 0.2) is 18.2 Å². The molecule has 1 N–H and O–H groups in total. The molecule has 0 aliphatic carbocycles. The molecule has 1 amide bonds. The molecule has 1 heterocycles. The van der Waals surface area contributed by atoms with E-state index >= 15 is 0 Å². The van der Waals surface area contributed by atoms with Gasteiger partial charge in [-0.05, 0) is 30.5 Å². The highest BCUT2D eigenvalue weighted by Gasteiger charge is 2.34. The molecule has 2 atom stereocenters. The molecule has 1 saturated heterocycles. The maximum absolute atomic E-state index is 13.1. The predicted molar refractivity (Wildman–Crippen MR) is 62.0 cm³/mol. The first kappa shape index (κ1) is 13.0. The number of aliphatic hydroxyl groups is 1. The largest absolute Gasteiger partial charge is 0.394 e. The average Bonchev–Trinajstić information content (AvgIpc) is 2.73. The van der Waals surface area contributed by atoms with Gasteiger partial charge >= 0.3 is 0 Å². The molecular formula is C13H15F2NO2. The van der Waals surface area contributed by atoms with Crippen molar-refractivity contribution in [2.24, 2.45) is 5.92 Å². The number of likely N-dealkylation sites (tertiary alicyclic amines) is 1. The minimum Gasteiger partial charge on any atom is -0.394 e. The number of aliphatic hydroxyl groups excluding tert-OH is 1. The lowest BCUT2D eigenvalue weighted by molar-refractivity contribution is 0.0647. The minimum absolute atomic E-state index is 0.112. The molecule has 0 spiro atoms. The van der Waals surface area contributed by atoms with E-state index in [0.29, 0.717) is 6.54 Å². The van der Waals surface area contributed by atoms with Crippen molar-refractivity contribution in [2.45, 2.75) is 19.4 Å². The lowest BCUT2D eigenvalue weighted by Gasteiger charge is -2.25. The highest BCUT2D eigenvalue weighted by atomic mass is 19.2. The zero-order chi connectivity index (χ0) is 13.3. The summed E-state index contributed by atoms with van der Waals surface area (Å²) in [5.41, 5.74) is 0.112. The monoisotopic (exact) mass is 255 g/mol. The maximum atomic E-state index is 13.1. The molecule has 98 valence electrons. The fraction of sp³-hybridized carbons (Fsp3) is 0.462. The summed E-state index contributed by atoms with van der Waals surface area (Å²) >= 11 is 0. The Kier molecular flexibility index (Phi) is 3.61. The molecule has 2 rings (SSSR count). The fourth-order valence-corrected chi connectivity index (χ4v) is 2.33. The van der Waals surface area contributed by atoms with Gasteiger partial charge in [0, 0.05) is 12.1 Å². The normalized spacial score (nSPS) is 23.4. The summed E-state index contributed by atoms with van der Waals surface area (Å²) in [6.07, 6.45) is 0.806. The zero-order valence-electron chi connectivity index (χ0n) is 10.1. The van der Waals surface area contributed by atoms with Crippen LogP contribution >= 0.6 is 0 Å². The van der Waals surface area contributed by atoms with Crippen LogP contribution in [0.2, 0.25) is 0 Å². The van der Waals surface area contributed by atoms with Crippen LogP contribution in [0, 0.1) is 17.6 Å². The minimum atomic E-state index is -1.03. The van der Waals surface area contributed by atoms with Gasteiger partial charge in [-0.3, -0.25) is 4.79 Å². The van der Waals surface area contributed by atoms with Gasteiger partial charge < -0.3 is 10.0 Å². The number of amides is 1. The van der Waals surface area contributed by atoms with E-state index in [4.69, 9.17) is 0 Å². The van der Waals surface area contributed by atoms with Crippen LogP contribution in [0.1, 0.15) is 23.7 Å². The van der Waals surface area contributed by atoms with Gasteiger partial charge in [-0.1, -0.05) is 6.92 Å². The van der Waals surface area contributed by atoms with Crippen LogP contribution in [0.4, 0.5) is 8.78 Å². The second-order valence-electron chi connectivity index (χ2n) is 4.64. The quantitative estimate of drug-likeness (QED) is 0.875. The van der Waals surface area contributed by atoms with Crippen molar-refractivity contribution in [3.05, 3.63) is 35.4 Å². The Morgan fingerprint density at radius 1 is 1.44 bits per heavy atom. The summed E-state index contributed by atoms with van der Waals surface area (Å²) in [5.74, 6) is -2.16. The van der Waals surface area contributed by atoms with Gasteiger partial charge in [0.1, 0.15) is 0 Å². The van der Waals surface area contributed by atoms with Crippen molar-refractivity contribution >= 4 is 5.91 Å². The average molecular weight is 255 g/mol. The van der Waals surface area contributed by atoms with Crippen molar-refractivity contribution in [3.63, 3.8) is 0 Å². The second-order valence-corrected chi connectivity index (χ2v) is 4.64. The molecule has 0 aromatic heterocycles. The molecule has 0 radical (unpaired) electrons. The molecule has 3 nitrogen and oxygen atoms in total. The Morgan fingerprint density at radius 3 is 2.78 bits per heavy atom. The zero-order valence-corrected chi connectivity index (χ0v) is 10.1. The van der Waals surface area contributed by atoms with Gasteiger partial charge in [0.15, 0.2) is 11.6 Å². The SMILES string of the molecule is CC1CCN(C(=O)c2ccc(F)c(F)c2)C1CO. The Morgan fingerprint density at radius 2 is 2.17 bits per heavy atom. The highest BCUT2D eigenvalue weighted by molar-refractivity contribution is 5.94. The first-order chi connectivity index (χ1) is 8.54. The van der Waals surface area contributed by atoms with Gasteiger partial charge in [-0.2, -0.15) is 0 Å². The van der Waals surface area contributed by atoms with E-state index in [-0.39, 0.29) is 30.0 Å². The van der Waals surface area contributed by atoms with Gasteiger partial charge in [-0.15, -0.1) is 0 Å². The number of rotatable bonds is 2. The van der Waals surface area contributed by atoms with Gasteiger partial charge in [-0.25, -0.2) is 8.78 Å². The molecular weight excluding hydrogens is 240 g/mol. The van der Waals surface area contributed by atoms with Gasteiger partial charge in [0.2, 0.25) is 0 Å². The molecule has 18 heavy (non-hydrogen) atoms. The third-order valence-electron chi connectivity index (χ3n) is 3.50. The van der Waals surface area contributed by atoms with Crippen LogP contribution in [-0.4, -0.2) is 35.1 Å². The van der Waals surface area contributed by atoms with E-state index in [9.17, 15) is 18.7 Å². The van der Waals surface area contributed by atoms with Crippen LogP contribution in [0.5, 0.6) is 0 Å². The van der Waals surface area contributed by atoms with Gasteiger partial charge in [0.25, 0.3) is 5.91 Å². The smallest absolute Gasteiger partial charge is 0.254 e. The summed E-state index contributed by atoms with van der Waals surface area (Å²) in [6, 6.07) is 2.86. The number of hydrogen-bond acceptors (Lipinski definition) is 2. The van der Waals surface area contributed by atoms with Gasteiger partial charge in [0.05, 0.1) is 12.6 Å². The summed E-state index contributed by atoms with van der Waals surface area (Å²) in [5, 5.41) is 9.27. The van der Waals surface area contributed by atoms with Crippen molar-refractivity contribution in [3.8, 4) is 0 Å². The lowest BCUT2D eigenvalue weighted by Crippen LogP contribution is -2.39. The molecule has 5 heteroatoms. The molecule has 1 aromatic rings. The number of hydrogen-bond donors (Lipinski definition) is 1. The Bertz CT molecular complexity index is 464. The number of carbonyl (C=O) groups is 1. The van der Waals surface area contributed by atoms with E-state index in [2.05, 4.69) is 0 Å². The number of carbonyl (C=O) groups excluding carboxylic acids is 1. The number of benzene rings is 1. The number of halogens is 2. The fourth-order valence-electron chi connectivity index (χ4n) is 2.33. The Hall–Kier alpha value is -1.49. The second kappa shape index (κ2) is 5.02. The standard InChI is InChI=1S/C13H15F2NO2/c1-8-4-5-16(12(8)7-17)13(18)9-2-3-10(14)11(15)6-9/h2-3,6,8,12,17H,4-5,7H2,1H3. The molecule has 2 unspecified atom stereocenters. The Balaban J connectivity index is 2.23.